The number of aryl methyl sites for hydroxylation is 1. The molecule has 4 nitrogen and oxygen atoms in total. The lowest BCUT2D eigenvalue weighted by Gasteiger charge is -2.11. The second-order valence-corrected chi connectivity index (χ2v) is 9.23. The molecule has 0 bridgehead atoms. The highest BCUT2D eigenvalue weighted by Crippen LogP contribution is 2.31. The monoisotopic (exact) mass is 425 g/mol. The zero-order valence-electron chi connectivity index (χ0n) is 18.8. The topological polar surface area (TPSA) is 57.8 Å². The number of aromatic nitrogens is 2. The molecule has 1 amide bonds. The summed E-state index contributed by atoms with van der Waals surface area (Å²) >= 11 is 0. The van der Waals surface area contributed by atoms with Crippen molar-refractivity contribution in [3.63, 3.8) is 0 Å². The minimum absolute atomic E-state index is 0.0123. The van der Waals surface area contributed by atoms with Gasteiger partial charge >= 0.3 is 0 Å². The van der Waals surface area contributed by atoms with Crippen LogP contribution in [-0.4, -0.2) is 22.4 Å². The quantitative estimate of drug-likeness (QED) is 0.321. The van der Waals surface area contributed by atoms with Crippen LogP contribution < -0.4 is 5.32 Å². The Bertz CT molecular complexity index is 1250. The van der Waals surface area contributed by atoms with E-state index in [2.05, 4.69) is 35.4 Å². The maximum absolute atomic E-state index is 13.2. The molecule has 0 aliphatic heterocycles. The molecule has 0 spiro atoms. The van der Waals surface area contributed by atoms with Gasteiger partial charge in [0.05, 0.1) is 16.8 Å². The average Bonchev–Trinajstić information content (AvgIpc) is 3.47. The van der Waals surface area contributed by atoms with Crippen molar-refractivity contribution in [3.8, 4) is 11.3 Å². The van der Waals surface area contributed by atoms with E-state index in [1.807, 2.05) is 36.5 Å². The molecule has 1 saturated carbocycles. The molecule has 2 aromatic carbocycles. The molecule has 0 atom stereocenters. The van der Waals surface area contributed by atoms with E-state index >= 15 is 0 Å². The van der Waals surface area contributed by atoms with Crippen molar-refractivity contribution in [2.75, 3.05) is 6.54 Å². The van der Waals surface area contributed by atoms with Crippen LogP contribution in [0.25, 0.3) is 33.1 Å². The Labute approximate surface area is 189 Å². The lowest BCUT2D eigenvalue weighted by molar-refractivity contribution is 0.0954. The molecular formula is C28H31N3O. The standard InChI is InChI=1S/C28H31N3O/c1-19-13-14-25-22(16-19)24(18-30-25)27-17-23(21-11-4-5-12-26(21)31-27)28(32)29-15-7-6-10-20-8-2-3-9-20/h4-5,11-14,16-18,20,30H,2-3,6-10,15H2,1H3,(H,29,32). The first kappa shape index (κ1) is 20.7. The van der Waals surface area contributed by atoms with Crippen LogP contribution in [0.2, 0.25) is 0 Å². The number of H-pyrrole nitrogens is 1. The Morgan fingerprint density at radius 1 is 1.06 bits per heavy atom. The molecule has 1 fully saturated rings. The van der Waals surface area contributed by atoms with Gasteiger partial charge < -0.3 is 10.3 Å². The summed E-state index contributed by atoms with van der Waals surface area (Å²) in [4.78, 5) is 21.4. The van der Waals surface area contributed by atoms with Crippen LogP contribution in [0.3, 0.4) is 0 Å². The number of hydrogen-bond acceptors (Lipinski definition) is 2. The smallest absolute Gasteiger partial charge is 0.252 e. The average molecular weight is 426 g/mol. The van der Waals surface area contributed by atoms with Gasteiger partial charge in [0.1, 0.15) is 0 Å². The second-order valence-electron chi connectivity index (χ2n) is 9.23. The highest BCUT2D eigenvalue weighted by Gasteiger charge is 2.17. The van der Waals surface area contributed by atoms with E-state index in [9.17, 15) is 4.79 Å². The summed E-state index contributed by atoms with van der Waals surface area (Å²) in [6.07, 6.45) is 11.1. The van der Waals surface area contributed by atoms with Crippen molar-refractivity contribution < 1.29 is 4.79 Å². The van der Waals surface area contributed by atoms with Gasteiger partial charge in [-0.2, -0.15) is 0 Å². The molecule has 2 heterocycles. The number of amides is 1. The van der Waals surface area contributed by atoms with E-state index in [0.29, 0.717) is 5.56 Å². The minimum atomic E-state index is -0.0123. The Morgan fingerprint density at radius 3 is 2.78 bits per heavy atom. The van der Waals surface area contributed by atoms with E-state index in [-0.39, 0.29) is 5.91 Å². The third-order valence-corrected chi connectivity index (χ3v) is 6.87. The number of unbranched alkanes of at least 4 members (excludes halogenated alkanes) is 1. The number of para-hydroxylation sites is 1. The van der Waals surface area contributed by atoms with Crippen LogP contribution in [0.5, 0.6) is 0 Å². The molecular weight excluding hydrogens is 394 g/mol. The van der Waals surface area contributed by atoms with Crippen molar-refractivity contribution in [2.45, 2.75) is 51.9 Å². The zero-order chi connectivity index (χ0) is 21.9. The van der Waals surface area contributed by atoms with Crippen molar-refractivity contribution in [2.24, 2.45) is 5.92 Å². The van der Waals surface area contributed by atoms with E-state index in [0.717, 1.165) is 51.9 Å². The second kappa shape index (κ2) is 9.15. The van der Waals surface area contributed by atoms with Gasteiger partial charge in [0.25, 0.3) is 5.91 Å². The Hall–Kier alpha value is -3.14. The summed E-state index contributed by atoms with van der Waals surface area (Å²) in [5.41, 5.74) is 5.68. The maximum atomic E-state index is 13.2. The predicted octanol–water partition coefficient (Wildman–Crippen LogP) is 6.78. The SMILES string of the molecule is Cc1ccc2[nH]cc(-c3cc(C(=O)NCCCCC4CCCC4)c4ccccc4n3)c2c1. The first-order chi connectivity index (χ1) is 15.7. The number of fused-ring (bicyclic) bond motifs is 2. The van der Waals surface area contributed by atoms with E-state index in [1.54, 1.807) is 0 Å². The summed E-state index contributed by atoms with van der Waals surface area (Å²) in [5, 5.41) is 5.19. The number of pyridine rings is 1. The van der Waals surface area contributed by atoms with Gasteiger partial charge in [0.15, 0.2) is 0 Å². The number of nitrogens with zero attached hydrogens (tertiary/aromatic N) is 1. The third kappa shape index (κ3) is 4.27. The summed E-state index contributed by atoms with van der Waals surface area (Å²) in [7, 11) is 0. The van der Waals surface area contributed by atoms with Gasteiger partial charge in [0.2, 0.25) is 0 Å². The predicted molar refractivity (Wildman–Crippen MR) is 132 cm³/mol. The summed E-state index contributed by atoms with van der Waals surface area (Å²) in [6.45, 7) is 2.82. The molecule has 32 heavy (non-hydrogen) atoms. The Morgan fingerprint density at radius 2 is 1.91 bits per heavy atom. The van der Waals surface area contributed by atoms with Crippen LogP contribution in [0, 0.1) is 12.8 Å². The number of carbonyl (C=O) groups is 1. The van der Waals surface area contributed by atoms with Gasteiger partial charge in [-0.3, -0.25) is 4.79 Å². The fourth-order valence-corrected chi connectivity index (χ4v) is 5.10. The summed E-state index contributed by atoms with van der Waals surface area (Å²) in [5.74, 6) is 0.902. The van der Waals surface area contributed by atoms with Crippen LogP contribution in [-0.2, 0) is 0 Å². The largest absolute Gasteiger partial charge is 0.360 e. The number of benzene rings is 2. The van der Waals surface area contributed by atoms with Gasteiger partial charge in [-0.1, -0.05) is 68.4 Å². The molecule has 0 unspecified atom stereocenters. The highest BCUT2D eigenvalue weighted by atomic mass is 16.1. The first-order valence-electron chi connectivity index (χ1n) is 11.9. The highest BCUT2D eigenvalue weighted by molar-refractivity contribution is 6.08. The van der Waals surface area contributed by atoms with Crippen LogP contribution in [0.15, 0.2) is 54.7 Å². The normalized spacial score (nSPS) is 14.4. The summed E-state index contributed by atoms with van der Waals surface area (Å²) in [6, 6.07) is 16.2. The maximum Gasteiger partial charge on any atom is 0.252 e. The lowest BCUT2D eigenvalue weighted by atomic mass is 10.0. The first-order valence-corrected chi connectivity index (χ1v) is 11.9. The number of hydrogen-bond donors (Lipinski definition) is 2. The molecule has 4 aromatic rings. The third-order valence-electron chi connectivity index (χ3n) is 6.87. The van der Waals surface area contributed by atoms with E-state index in [1.165, 1.54) is 44.1 Å². The molecule has 4 heteroatoms. The number of rotatable bonds is 7. The molecule has 1 aliphatic rings. The van der Waals surface area contributed by atoms with Crippen LogP contribution >= 0.6 is 0 Å². The molecule has 0 saturated heterocycles. The fourth-order valence-electron chi connectivity index (χ4n) is 5.10. The van der Waals surface area contributed by atoms with Crippen molar-refractivity contribution in [1.29, 1.82) is 0 Å². The van der Waals surface area contributed by atoms with Crippen molar-refractivity contribution in [1.82, 2.24) is 15.3 Å². The zero-order valence-corrected chi connectivity index (χ0v) is 18.8. The molecule has 164 valence electrons. The van der Waals surface area contributed by atoms with E-state index < -0.39 is 0 Å². The molecule has 5 rings (SSSR count). The van der Waals surface area contributed by atoms with Crippen LogP contribution in [0.1, 0.15) is 60.9 Å². The van der Waals surface area contributed by atoms with Gasteiger partial charge in [-0.25, -0.2) is 4.98 Å². The van der Waals surface area contributed by atoms with Gasteiger partial charge in [0, 0.05) is 34.6 Å². The van der Waals surface area contributed by atoms with Gasteiger partial charge in [-0.15, -0.1) is 0 Å². The van der Waals surface area contributed by atoms with Gasteiger partial charge in [-0.05, 0) is 43.5 Å². The Balaban J connectivity index is 1.38. The Kier molecular flexibility index (Phi) is 5.93. The number of carbonyl (C=O) groups excluding carboxylic acids is 1. The lowest BCUT2D eigenvalue weighted by Crippen LogP contribution is -2.25. The van der Waals surface area contributed by atoms with Crippen LogP contribution in [0.4, 0.5) is 0 Å². The molecule has 0 radical (unpaired) electrons. The van der Waals surface area contributed by atoms with E-state index in [4.69, 9.17) is 4.98 Å². The fraction of sp³-hybridized carbons (Fsp3) is 0.357. The summed E-state index contributed by atoms with van der Waals surface area (Å²) < 4.78 is 0. The van der Waals surface area contributed by atoms with Crippen molar-refractivity contribution in [3.05, 3.63) is 65.9 Å². The number of nitrogens with one attached hydrogen (secondary N) is 2. The number of aromatic amines is 1. The minimum Gasteiger partial charge on any atom is -0.360 e. The van der Waals surface area contributed by atoms with Crippen molar-refractivity contribution >= 4 is 27.7 Å². The molecule has 1 aliphatic carbocycles. The molecule has 2 N–H and O–H groups in total. The molecule has 2 aromatic heterocycles.